The van der Waals surface area contributed by atoms with Gasteiger partial charge in [0.2, 0.25) is 5.95 Å². The van der Waals surface area contributed by atoms with E-state index in [0.29, 0.717) is 24.1 Å². The van der Waals surface area contributed by atoms with E-state index in [-0.39, 0.29) is 12.6 Å². The lowest BCUT2D eigenvalue weighted by molar-refractivity contribution is 0.00446. The van der Waals surface area contributed by atoms with Gasteiger partial charge in [-0.2, -0.15) is 4.98 Å². The molecule has 0 radical (unpaired) electrons. The van der Waals surface area contributed by atoms with E-state index in [4.69, 9.17) is 15.0 Å². The van der Waals surface area contributed by atoms with Crippen LogP contribution >= 0.6 is 11.3 Å². The Balaban J connectivity index is 1.40. The second-order valence-electron chi connectivity index (χ2n) is 10.9. The average Bonchev–Trinajstić information content (AvgIpc) is 3.61. The Labute approximate surface area is 231 Å². The maximum absolute atomic E-state index is 10.8. The number of aliphatic hydroxyl groups excluding tert-OH is 3. The van der Waals surface area contributed by atoms with Crippen LogP contribution in [0.25, 0.3) is 20.8 Å². The molecule has 2 aliphatic carbocycles. The second-order valence-corrected chi connectivity index (χ2v) is 11.9. The number of thiazole rings is 1. The van der Waals surface area contributed by atoms with E-state index in [1.54, 1.807) is 17.5 Å². The summed E-state index contributed by atoms with van der Waals surface area (Å²) < 4.78 is 1.02. The minimum Gasteiger partial charge on any atom is -0.396 e. The highest BCUT2D eigenvalue weighted by Crippen LogP contribution is 2.44. The largest absolute Gasteiger partial charge is 0.396 e. The summed E-state index contributed by atoms with van der Waals surface area (Å²) in [5.74, 6) is 1.16. The van der Waals surface area contributed by atoms with Gasteiger partial charge in [0.15, 0.2) is 0 Å². The van der Waals surface area contributed by atoms with Crippen LogP contribution in [0.4, 0.5) is 11.8 Å². The van der Waals surface area contributed by atoms with Crippen molar-refractivity contribution in [3.05, 3.63) is 59.0 Å². The number of hydrogen-bond donors (Lipinski definition) is 5. The monoisotopic (exact) mass is 546 g/mol. The van der Waals surface area contributed by atoms with Gasteiger partial charge in [0.1, 0.15) is 22.4 Å². The second kappa shape index (κ2) is 10.4. The standard InChI is InChI=1S/C29H34N6O3S/c1-14-4-6-17(7-5-14)24(18-8-9-18)34-29-31-15(2)22(28-33-23-16(3)30-11-10-21(23)39-28)27(35-29)32-20-12-19(13-36)25(37)26(20)38/h4-7,10-11,18-20,24-26,36-38H,8-9,12-13H2,1-3H3,(H2,31,32,34,35)/t19-,20-,24+,25-,26+/m1/s1. The zero-order chi connectivity index (χ0) is 27.3. The van der Waals surface area contributed by atoms with Crippen LogP contribution in [0, 0.1) is 32.6 Å². The number of fused-ring (bicyclic) bond motifs is 1. The molecule has 39 heavy (non-hydrogen) atoms. The van der Waals surface area contributed by atoms with Crippen molar-refractivity contribution in [2.24, 2.45) is 11.8 Å². The molecule has 0 aliphatic heterocycles. The molecular formula is C29H34N6O3S. The topological polar surface area (TPSA) is 136 Å². The molecule has 9 nitrogen and oxygen atoms in total. The quantitative estimate of drug-likeness (QED) is 0.221. The summed E-state index contributed by atoms with van der Waals surface area (Å²) in [6.45, 7) is 5.78. The van der Waals surface area contributed by atoms with Crippen LogP contribution in [0.5, 0.6) is 0 Å². The number of pyridine rings is 1. The molecule has 2 fully saturated rings. The molecule has 0 saturated heterocycles. The lowest BCUT2D eigenvalue weighted by Crippen LogP contribution is -2.35. The van der Waals surface area contributed by atoms with Gasteiger partial charge in [-0.3, -0.25) is 4.98 Å². The fourth-order valence-electron chi connectivity index (χ4n) is 5.53. The Hall–Kier alpha value is -3.18. The van der Waals surface area contributed by atoms with Crippen molar-refractivity contribution in [3.8, 4) is 10.6 Å². The first-order chi connectivity index (χ1) is 18.8. The van der Waals surface area contributed by atoms with Gasteiger partial charge in [-0.1, -0.05) is 29.8 Å². The van der Waals surface area contributed by atoms with E-state index in [9.17, 15) is 15.3 Å². The first-order valence-corrected chi connectivity index (χ1v) is 14.3. The molecule has 1 aromatic carbocycles. The third-order valence-electron chi connectivity index (χ3n) is 7.97. The van der Waals surface area contributed by atoms with Crippen LogP contribution in [0.2, 0.25) is 0 Å². The summed E-state index contributed by atoms with van der Waals surface area (Å²) >= 11 is 1.55. The highest BCUT2D eigenvalue weighted by molar-refractivity contribution is 7.21. The average molecular weight is 547 g/mol. The summed E-state index contributed by atoms with van der Waals surface area (Å²) in [7, 11) is 0. The van der Waals surface area contributed by atoms with Crippen LogP contribution in [-0.2, 0) is 0 Å². The van der Waals surface area contributed by atoms with Crippen LogP contribution in [-0.4, -0.2) is 60.1 Å². The Morgan fingerprint density at radius 1 is 0.974 bits per heavy atom. The van der Waals surface area contributed by atoms with Gasteiger partial charge in [0.05, 0.1) is 39.8 Å². The molecule has 5 atom stereocenters. The van der Waals surface area contributed by atoms with Gasteiger partial charge < -0.3 is 26.0 Å². The highest BCUT2D eigenvalue weighted by atomic mass is 32.1. The molecule has 204 valence electrons. The molecule has 0 bridgehead atoms. The third-order valence-corrected chi connectivity index (χ3v) is 9.00. The Kier molecular flexibility index (Phi) is 6.96. The van der Waals surface area contributed by atoms with Crippen molar-refractivity contribution in [3.63, 3.8) is 0 Å². The Morgan fingerprint density at radius 3 is 2.41 bits per heavy atom. The van der Waals surface area contributed by atoms with Crippen molar-refractivity contribution in [2.45, 2.75) is 64.3 Å². The lowest BCUT2D eigenvalue weighted by atomic mass is 10.0. The summed E-state index contributed by atoms with van der Waals surface area (Å²) in [6, 6.07) is 10.1. The molecule has 4 aromatic rings. The van der Waals surface area contributed by atoms with Gasteiger partial charge in [-0.05, 0) is 57.6 Å². The number of hydrogen-bond acceptors (Lipinski definition) is 10. The predicted octanol–water partition coefficient (Wildman–Crippen LogP) is 4.15. The normalized spacial score (nSPS) is 23.7. The number of nitrogens with zero attached hydrogens (tertiary/aromatic N) is 4. The molecule has 2 saturated carbocycles. The van der Waals surface area contributed by atoms with E-state index in [0.717, 1.165) is 45.0 Å². The van der Waals surface area contributed by atoms with Crippen molar-refractivity contribution in [1.82, 2.24) is 19.9 Å². The van der Waals surface area contributed by atoms with Crippen LogP contribution in [0.1, 0.15) is 47.8 Å². The number of anilines is 2. The van der Waals surface area contributed by atoms with Crippen LogP contribution in [0.15, 0.2) is 36.5 Å². The smallest absolute Gasteiger partial charge is 0.225 e. The number of rotatable bonds is 8. The van der Waals surface area contributed by atoms with Gasteiger partial charge >= 0.3 is 0 Å². The zero-order valence-corrected chi connectivity index (χ0v) is 23.1. The summed E-state index contributed by atoms with van der Waals surface area (Å²) in [5.41, 5.74) is 5.63. The fourth-order valence-corrected chi connectivity index (χ4v) is 6.64. The van der Waals surface area contributed by atoms with E-state index in [1.165, 1.54) is 11.1 Å². The number of aliphatic hydroxyl groups is 3. The molecule has 0 amide bonds. The zero-order valence-electron chi connectivity index (χ0n) is 22.3. The highest BCUT2D eigenvalue weighted by Gasteiger charge is 2.42. The number of aromatic nitrogens is 4. The number of aryl methyl sites for hydroxylation is 3. The van der Waals surface area contributed by atoms with Gasteiger partial charge in [0, 0.05) is 18.7 Å². The van der Waals surface area contributed by atoms with E-state index >= 15 is 0 Å². The van der Waals surface area contributed by atoms with Crippen molar-refractivity contribution < 1.29 is 15.3 Å². The molecule has 0 spiro atoms. The van der Waals surface area contributed by atoms with E-state index < -0.39 is 24.2 Å². The van der Waals surface area contributed by atoms with E-state index in [1.807, 2.05) is 19.9 Å². The van der Waals surface area contributed by atoms with Gasteiger partial charge in [0.25, 0.3) is 0 Å². The lowest BCUT2D eigenvalue weighted by Gasteiger charge is -2.23. The molecule has 3 aromatic heterocycles. The number of benzene rings is 1. The van der Waals surface area contributed by atoms with Crippen molar-refractivity contribution >= 4 is 33.3 Å². The Bertz CT molecular complexity index is 1490. The predicted molar refractivity (Wildman–Crippen MR) is 153 cm³/mol. The molecule has 10 heteroatoms. The fraction of sp³-hybridized carbons (Fsp3) is 0.448. The summed E-state index contributed by atoms with van der Waals surface area (Å²) in [5, 5.41) is 38.7. The molecule has 2 aliphatic rings. The minimum absolute atomic E-state index is 0.0949. The third kappa shape index (κ3) is 5.09. The summed E-state index contributed by atoms with van der Waals surface area (Å²) in [6.07, 6.45) is 2.47. The molecule has 5 N–H and O–H groups in total. The SMILES string of the molecule is Cc1ccc([C@H](Nc2nc(C)c(-c3nc4c(C)nccc4s3)c(N[C@@H]3C[C@H](CO)[C@@H](O)[C@H]3O)n2)C2CC2)cc1. The number of nitrogens with one attached hydrogen (secondary N) is 2. The molecular weight excluding hydrogens is 512 g/mol. The van der Waals surface area contributed by atoms with Crippen molar-refractivity contribution in [2.75, 3.05) is 17.2 Å². The van der Waals surface area contributed by atoms with Gasteiger partial charge in [-0.25, -0.2) is 9.97 Å². The minimum atomic E-state index is -1.03. The molecule has 3 heterocycles. The maximum atomic E-state index is 10.8. The maximum Gasteiger partial charge on any atom is 0.225 e. The van der Waals surface area contributed by atoms with E-state index in [2.05, 4.69) is 46.8 Å². The van der Waals surface area contributed by atoms with Crippen LogP contribution < -0.4 is 10.6 Å². The first-order valence-electron chi connectivity index (χ1n) is 13.5. The van der Waals surface area contributed by atoms with Gasteiger partial charge in [-0.15, -0.1) is 11.3 Å². The van der Waals surface area contributed by atoms with Crippen LogP contribution in [0.3, 0.4) is 0 Å². The Morgan fingerprint density at radius 2 is 1.74 bits per heavy atom. The molecule has 0 unspecified atom stereocenters. The summed E-state index contributed by atoms with van der Waals surface area (Å²) in [4.78, 5) is 19.1. The van der Waals surface area contributed by atoms with Crippen molar-refractivity contribution in [1.29, 1.82) is 0 Å². The first kappa shape index (κ1) is 26.1. The molecule has 6 rings (SSSR count).